The number of phosphoric acid groups is 1. The van der Waals surface area contributed by atoms with Crippen molar-refractivity contribution in [3.63, 3.8) is 0 Å². The van der Waals surface area contributed by atoms with Gasteiger partial charge in [-0.15, -0.1) is 0 Å². The van der Waals surface area contributed by atoms with Gasteiger partial charge in [0.25, 0.3) is 0 Å². The molecule has 0 saturated carbocycles. The number of aliphatic hydroxyl groups excluding tert-OH is 1. The SMILES string of the molecule is CCCCC/C=C\C/C=C\C/C=C\C=C\[C@@H](O)CCCC(=O)OC[C@H](COP(=O)(O)OCCN)OC(=O)CCCCCCCCC/C=C\C/C=C\CCCCC. The Labute approximate surface area is 340 Å². The lowest BCUT2D eigenvalue weighted by Gasteiger charge is -2.20. The number of allylic oxidation sites excluding steroid dienone is 11. The summed E-state index contributed by atoms with van der Waals surface area (Å²) < 4.78 is 32.6. The summed E-state index contributed by atoms with van der Waals surface area (Å²) in [6, 6.07) is 0. The van der Waals surface area contributed by atoms with Crippen LogP contribution in [0.5, 0.6) is 0 Å². The van der Waals surface area contributed by atoms with Crippen LogP contribution in [0.3, 0.4) is 0 Å². The second-order valence-electron chi connectivity index (χ2n) is 14.1. The number of hydrogen-bond donors (Lipinski definition) is 3. The maximum absolute atomic E-state index is 12.6. The van der Waals surface area contributed by atoms with Crippen molar-refractivity contribution in [1.82, 2.24) is 0 Å². The highest BCUT2D eigenvalue weighted by Crippen LogP contribution is 2.43. The summed E-state index contributed by atoms with van der Waals surface area (Å²) in [4.78, 5) is 34.9. The molecule has 11 heteroatoms. The van der Waals surface area contributed by atoms with Gasteiger partial charge in [0.05, 0.1) is 19.3 Å². The molecule has 322 valence electrons. The Morgan fingerprint density at radius 1 is 0.625 bits per heavy atom. The molecule has 0 fully saturated rings. The van der Waals surface area contributed by atoms with E-state index in [0.717, 1.165) is 57.8 Å². The Morgan fingerprint density at radius 2 is 1.14 bits per heavy atom. The fraction of sp³-hybridized carbons (Fsp3) is 0.689. The van der Waals surface area contributed by atoms with Crippen LogP contribution in [0.1, 0.15) is 162 Å². The summed E-state index contributed by atoms with van der Waals surface area (Å²) in [7, 11) is -4.43. The van der Waals surface area contributed by atoms with Crippen LogP contribution >= 0.6 is 7.82 Å². The first kappa shape index (κ1) is 53.4. The first-order valence-corrected chi connectivity index (χ1v) is 23.0. The first-order valence-electron chi connectivity index (χ1n) is 21.5. The van der Waals surface area contributed by atoms with Gasteiger partial charge in [-0.05, 0) is 77.0 Å². The molecule has 0 heterocycles. The van der Waals surface area contributed by atoms with E-state index in [0.29, 0.717) is 19.3 Å². The van der Waals surface area contributed by atoms with Crippen molar-refractivity contribution in [3.05, 3.63) is 72.9 Å². The van der Waals surface area contributed by atoms with E-state index in [4.69, 9.17) is 24.3 Å². The second kappa shape index (κ2) is 40.6. The normalized spacial score (nSPS) is 14.6. The van der Waals surface area contributed by atoms with E-state index in [-0.39, 0.29) is 32.6 Å². The van der Waals surface area contributed by atoms with Gasteiger partial charge in [0.1, 0.15) is 6.61 Å². The summed E-state index contributed by atoms with van der Waals surface area (Å²) >= 11 is 0. The fourth-order valence-corrected chi connectivity index (χ4v) is 6.18. The van der Waals surface area contributed by atoms with E-state index in [1.165, 1.54) is 57.8 Å². The predicted molar refractivity (Wildman–Crippen MR) is 230 cm³/mol. The standard InChI is InChI=1S/C45H78NO9P/c1-3-5-7-9-11-13-15-17-18-19-20-22-24-26-28-30-32-36-45(49)55-43(41-54-56(50,51)53-39-38-46)40-52-44(48)37-33-35-42(47)34-31-29-27-25-23-21-16-14-12-10-8-6-4-2/h11-14,17-18,21,23,27,29,31,34,42-43,47H,3-10,15-16,19-20,22,24-26,28,30,32-33,35-41,46H2,1-2H3,(H,50,51)/b13-11-,14-12-,18-17-,23-21-,29-27-,34-31+/t42-,43-/m1/s1. The molecule has 0 amide bonds. The summed E-state index contributed by atoms with van der Waals surface area (Å²) in [5, 5.41) is 10.2. The fourth-order valence-electron chi connectivity index (χ4n) is 5.41. The summed E-state index contributed by atoms with van der Waals surface area (Å²) in [5.74, 6) is -1.05. The Hall–Kier alpha value is -2.59. The number of phosphoric ester groups is 1. The van der Waals surface area contributed by atoms with E-state index in [1.54, 1.807) is 12.2 Å². The number of esters is 2. The molecular formula is C45H78NO9P. The van der Waals surface area contributed by atoms with Crippen molar-refractivity contribution in [2.75, 3.05) is 26.4 Å². The Bertz CT molecular complexity index is 1160. The highest BCUT2D eigenvalue weighted by Gasteiger charge is 2.26. The lowest BCUT2D eigenvalue weighted by Crippen LogP contribution is -2.29. The molecule has 0 saturated heterocycles. The molecule has 0 spiro atoms. The zero-order valence-corrected chi connectivity index (χ0v) is 35.8. The van der Waals surface area contributed by atoms with Gasteiger partial charge in [0.2, 0.25) is 0 Å². The lowest BCUT2D eigenvalue weighted by atomic mass is 10.1. The highest BCUT2D eigenvalue weighted by molar-refractivity contribution is 7.47. The first-order chi connectivity index (χ1) is 27.2. The van der Waals surface area contributed by atoms with Gasteiger partial charge in [-0.2, -0.15) is 0 Å². The van der Waals surface area contributed by atoms with Gasteiger partial charge in [0, 0.05) is 19.4 Å². The topological polar surface area (TPSA) is 155 Å². The third-order valence-corrected chi connectivity index (χ3v) is 9.65. The molecule has 1 unspecified atom stereocenters. The lowest BCUT2D eigenvalue weighted by molar-refractivity contribution is -0.161. The van der Waals surface area contributed by atoms with Gasteiger partial charge >= 0.3 is 19.8 Å². The molecule has 0 bridgehead atoms. The van der Waals surface area contributed by atoms with Crippen molar-refractivity contribution in [2.45, 2.75) is 174 Å². The molecule has 0 aromatic heterocycles. The summed E-state index contributed by atoms with van der Waals surface area (Å²) in [6.45, 7) is 3.43. The Kier molecular flexibility index (Phi) is 38.7. The van der Waals surface area contributed by atoms with Crippen LogP contribution in [0.4, 0.5) is 0 Å². The van der Waals surface area contributed by atoms with E-state index < -0.39 is 38.6 Å². The third kappa shape index (κ3) is 39.6. The summed E-state index contributed by atoms with van der Waals surface area (Å²) in [5.41, 5.74) is 5.33. The van der Waals surface area contributed by atoms with Crippen molar-refractivity contribution in [1.29, 1.82) is 0 Å². The molecular weight excluding hydrogens is 729 g/mol. The largest absolute Gasteiger partial charge is 0.472 e. The molecule has 4 N–H and O–H groups in total. The van der Waals surface area contributed by atoms with E-state index >= 15 is 0 Å². The zero-order valence-electron chi connectivity index (χ0n) is 35.0. The van der Waals surface area contributed by atoms with Crippen LogP contribution in [-0.4, -0.2) is 60.5 Å². The average Bonchev–Trinajstić information content (AvgIpc) is 3.18. The number of aliphatic hydroxyl groups is 1. The molecule has 0 radical (unpaired) electrons. The number of nitrogens with two attached hydrogens (primary N) is 1. The average molecular weight is 808 g/mol. The van der Waals surface area contributed by atoms with Crippen molar-refractivity contribution in [2.24, 2.45) is 5.73 Å². The van der Waals surface area contributed by atoms with Crippen LogP contribution in [-0.2, 0) is 32.7 Å². The maximum atomic E-state index is 12.6. The number of carbonyl (C=O) groups is 2. The minimum absolute atomic E-state index is 0.0228. The van der Waals surface area contributed by atoms with Gasteiger partial charge in [-0.25, -0.2) is 4.57 Å². The molecule has 56 heavy (non-hydrogen) atoms. The molecule has 0 aromatic carbocycles. The summed E-state index contributed by atoms with van der Waals surface area (Å²) in [6.07, 6.45) is 45.3. The van der Waals surface area contributed by atoms with E-state index in [1.807, 2.05) is 12.2 Å². The molecule has 10 nitrogen and oxygen atoms in total. The highest BCUT2D eigenvalue weighted by atomic mass is 31.2. The van der Waals surface area contributed by atoms with Gasteiger partial charge in [-0.3, -0.25) is 18.6 Å². The Balaban J connectivity index is 4.38. The quantitative estimate of drug-likeness (QED) is 0.0180. The molecule has 0 rings (SSSR count). The van der Waals surface area contributed by atoms with Crippen LogP contribution in [0.25, 0.3) is 0 Å². The molecule has 3 atom stereocenters. The predicted octanol–water partition coefficient (Wildman–Crippen LogP) is 11.2. The second-order valence-corrected chi connectivity index (χ2v) is 15.5. The van der Waals surface area contributed by atoms with E-state index in [2.05, 4.69) is 62.5 Å². The number of rotatable bonds is 39. The minimum Gasteiger partial charge on any atom is -0.462 e. The molecule has 0 aliphatic carbocycles. The van der Waals surface area contributed by atoms with Crippen LogP contribution in [0.2, 0.25) is 0 Å². The van der Waals surface area contributed by atoms with Gasteiger partial charge in [-0.1, -0.05) is 145 Å². The van der Waals surface area contributed by atoms with Crippen LogP contribution in [0.15, 0.2) is 72.9 Å². The number of carbonyl (C=O) groups excluding carboxylic acids is 2. The van der Waals surface area contributed by atoms with Gasteiger partial charge in [0.15, 0.2) is 6.10 Å². The molecule has 0 aromatic rings. The van der Waals surface area contributed by atoms with Crippen molar-refractivity contribution < 1.29 is 42.7 Å². The minimum atomic E-state index is -4.43. The monoisotopic (exact) mass is 808 g/mol. The zero-order chi connectivity index (χ0) is 41.2. The Morgan fingerprint density at radius 3 is 1.73 bits per heavy atom. The number of ether oxygens (including phenoxy) is 2. The smallest absolute Gasteiger partial charge is 0.462 e. The van der Waals surface area contributed by atoms with Crippen molar-refractivity contribution >= 4 is 19.8 Å². The maximum Gasteiger partial charge on any atom is 0.472 e. The van der Waals surface area contributed by atoms with Crippen molar-refractivity contribution in [3.8, 4) is 0 Å². The molecule has 0 aliphatic heterocycles. The molecule has 0 aliphatic rings. The number of unbranched alkanes of at least 4 members (excludes halogenated alkanes) is 13. The van der Waals surface area contributed by atoms with Crippen LogP contribution in [0, 0.1) is 0 Å². The number of hydrogen-bond acceptors (Lipinski definition) is 9. The van der Waals surface area contributed by atoms with Crippen LogP contribution < -0.4 is 5.73 Å². The van der Waals surface area contributed by atoms with E-state index in [9.17, 15) is 24.2 Å². The van der Waals surface area contributed by atoms with Gasteiger partial charge < -0.3 is 25.2 Å². The third-order valence-electron chi connectivity index (χ3n) is 8.67.